The maximum Gasteiger partial charge on any atom is 0.359 e. The fraction of sp³-hybridized carbons (Fsp3) is 0.529. The lowest BCUT2D eigenvalue weighted by molar-refractivity contribution is 0.234. The molecule has 0 aliphatic carbocycles. The van der Waals surface area contributed by atoms with Crippen LogP contribution in [0, 0.1) is 18.6 Å². The van der Waals surface area contributed by atoms with E-state index in [4.69, 9.17) is 0 Å². The van der Waals surface area contributed by atoms with Crippen LogP contribution in [-0.4, -0.2) is 58.5 Å². The van der Waals surface area contributed by atoms with Crippen LogP contribution in [-0.2, 0) is 0 Å². The van der Waals surface area contributed by atoms with Crippen molar-refractivity contribution >= 4 is 45.3 Å². The van der Waals surface area contributed by atoms with Crippen molar-refractivity contribution in [3.63, 3.8) is 0 Å². The van der Waals surface area contributed by atoms with Gasteiger partial charge in [-0.3, -0.25) is 0 Å². The van der Waals surface area contributed by atoms with Gasteiger partial charge in [0.15, 0.2) is 11.6 Å². The summed E-state index contributed by atoms with van der Waals surface area (Å²) in [7, 11) is 3.85. The van der Waals surface area contributed by atoms with Crippen LogP contribution in [0.2, 0.25) is 0 Å². The lowest BCUT2D eigenvalue weighted by Crippen LogP contribution is -2.59. The molecule has 1 aromatic carbocycles. The molecule has 0 saturated carbocycles. The largest absolute Gasteiger partial charge is 0.369 e. The van der Waals surface area contributed by atoms with Crippen molar-refractivity contribution < 1.29 is 8.78 Å². The van der Waals surface area contributed by atoms with Gasteiger partial charge in [-0.25, -0.2) is 16.4 Å². The first-order valence-corrected chi connectivity index (χ1v) is 9.47. The Morgan fingerprint density at radius 2 is 1.85 bits per heavy atom. The third kappa shape index (κ3) is 2.35. The lowest BCUT2D eigenvalue weighted by Gasteiger charge is -2.45. The minimum absolute atomic E-state index is 0.0316. The van der Waals surface area contributed by atoms with Gasteiger partial charge in [-0.1, -0.05) is 0 Å². The summed E-state index contributed by atoms with van der Waals surface area (Å²) < 4.78 is 31.2. The zero-order valence-corrected chi connectivity index (χ0v) is 17.2. The van der Waals surface area contributed by atoms with Crippen LogP contribution < -0.4 is 15.5 Å². The summed E-state index contributed by atoms with van der Waals surface area (Å²) in [4.78, 5) is 22.8. The molecule has 0 spiro atoms. The van der Waals surface area contributed by atoms with Gasteiger partial charge < -0.3 is 14.7 Å². The van der Waals surface area contributed by atoms with Crippen LogP contribution >= 0.6 is 22.9 Å². The number of halogens is 3. The lowest BCUT2D eigenvalue weighted by atomic mass is 10.1. The number of hydrogen-bond acceptors (Lipinski definition) is 5. The summed E-state index contributed by atoms with van der Waals surface area (Å²) in [6, 6.07) is 0.106. The molecule has 9 heteroatoms. The number of fused-ring (bicyclic) bond motifs is 2. The van der Waals surface area contributed by atoms with Crippen molar-refractivity contribution in [2.45, 2.75) is 25.9 Å². The van der Waals surface area contributed by atoms with Gasteiger partial charge in [0.25, 0.3) is 0 Å². The van der Waals surface area contributed by atoms with Gasteiger partial charge in [-0.05, 0) is 20.9 Å². The van der Waals surface area contributed by atoms with Crippen molar-refractivity contribution in [1.82, 2.24) is 12.7 Å². The average Bonchev–Trinajstić information content (AvgIpc) is 2.67. The van der Waals surface area contributed by atoms with Gasteiger partial charge in [-0.2, -0.15) is 4.98 Å². The highest BCUT2D eigenvalue weighted by molar-refractivity contribution is 14.1. The molecule has 2 atom stereocenters. The summed E-state index contributed by atoms with van der Waals surface area (Å²) >= 11 is 1.74. The molecule has 4 rings (SSSR count). The predicted molar refractivity (Wildman–Crippen MR) is 107 cm³/mol. The molecule has 1 aromatic heterocycles. The Morgan fingerprint density at radius 3 is 2.54 bits per heavy atom. The third-order valence-corrected chi connectivity index (χ3v) is 6.31. The smallest absolute Gasteiger partial charge is 0.359 e. The highest BCUT2D eigenvalue weighted by Crippen LogP contribution is 2.42. The minimum Gasteiger partial charge on any atom is -0.369 e. The molecule has 0 N–H and O–H groups in total. The van der Waals surface area contributed by atoms with Gasteiger partial charge in [0.2, 0.25) is 0 Å². The maximum atomic E-state index is 15.1. The number of rotatable bonds is 0. The fourth-order valence-electron chi connectivity index (χ4n) is 4.37. The molecular weight excluding hydrogens is 455 g/mol. The van der Waals surface area contributed by atoms with Crippen LogP contribution in [0.25, 0.3) is 10.9 Å². The second-order valence-corrected chi connectivity index (χ2v) is 8.30. The molecule has 0 radical (unpaired) electrons. The van der Waals surface area contributed by atoms with Crippen molar-refractivity contribution in [2.24, 2.45) is 0 Å². The molecule has 1 fully saturated rings. The van der Waals surface area contributed by atoms with E-state index in [0.29, 0.717) is 23.4 Å². The zero-order chi connectivity index (χ0) is 18.9. The van der Waals surface area contributed by atoms with Gasteiger partial charge in [-0.15, -0.1) is 0 Å². The number of hydrogen-bond donors (Lipinski definition) is 0. The number of likely N-dealkylation sites (N-methyl/N-ethyl adjacent to an activating group) is 2. The third-order valence-electron chi connectivity index (χ3n) is 5.41. The molecule has 2 aromatic rings. The fourth-order valence-corrected chi connectivity index (χ4v) is 4.93. The first-order chi connectivity index (χ1) is 12.2. The standard InChI is InChI=1S/C17H20F2IN5O/c1-8-5-22(3)6-10-7-23(4)14-11-15(13(19)9(2)12(14)18)25(20)17(26)21-16(11)24(8)10/h8,10H,5-7H2,1-4H3. The van der Waals surface area contributed by atoms with E-state index in [1.54, 1.807) is 22.9 Å². The number of aromatic nitrogens is 2. The van der Waals surface area contributed by atoms with E-state index in [9.17, 15) is 9.18 Å². The summed E-state index contributed by atoms with van der Waals surface area (Å²) in [5.74, 6) is -0.901. The quantitative estimate of drug-likeness (QED) is 0.547. The molecule has 3 heterocycles. The van der Waals surface area contributed by atoms with Crippen molar-refractivity contribution in [1.29, 1.82) is 0 Å². The Bertz CT molecular complexity index is 978. The van der Waals surface area contributed by atoms with Crippen molar-refractivity contribution in [2.75, 3.05) is 43.5 Å². The Morgan fingerprint density at radius 1 is 1.15 bits per heavy atom. The molecule has 26 heavy (non-hydrogen) atoms. The number of benzene rings is 1. The van der Waals surface area contributed by atoms with Crippen molar-refractivity contribution in [3.8, 4) is 0 Å². The first kappa shape index (κ1) is 17.9. The van der Waals surface area contributed by atoms with Gasteiger partial charge in [0.1, 0.15) is 11.3 Å². The van der Waals surface area contributed by atoms with Crippen LogP contribution in [0.3, 0.4) is 0 Å². The Balaban J connectivity index is 2.17. The Hall–Kier alpha value is -1.49. The molecule has 0 bridgehead atoms. The summed E-state index contributed by atoms with van der Waals surface area (Å²) in [5, 5.41) is 0.376. The van der Waals surface area contributed by atoms with Crippen molar-refractivity contribution in [3.05, 3.63) is 27.7 Å². The normalized spacial score (nSPS) is 23.3. The van der Waals surface area contributed by atoms with Crippen LogP contribution in [0.4, 0.5) is 20.3 Å². The molecule has 6 nitrogen and oxygen atoms in total. The van der Waals surface area contributed by atoms with Crippen LogP contribution in [0.15, 0.2) is 4.79 Å². The van der Waals surface area contributed by atoms with E-state index in [-0.39, 0.29) is 23.2 Å². The summed E-state index contributed by atoms with van der Waals surface area (Å²) in [5.41, 5.74) is -0.200. The van der Waals surface area contributed by atoms with Gasteiger partial charge in [0, 0.05) is 38.3 Å². The van der Waals surface area contributed by atoms with E-state index in [1.807, 2.05) is 19.0 Å². The molecule has 2 aliphatic heterocycles. The van der Waals surface area contributed by atoms with E-state index in [0.717, 1.165) is 15.9 Å². The average molecular weight is 475 g/mol. The zero-order valence-electron chi connectivity index (χ0n) is 15.1. The SMILES string of the molecule is Cc1c(F)c2c3c(nc(=O)n(I)c3c1F)N1C(C)CN(C)CC1CN2C. The van der Waals surface area contributed by atoms with Crippen LogP contribution in [0.1, 0.15) is 12.5 Å². The Kier molecular flexibility index (Phi) is 4.14. The second-order valence-electron chi connectivity index (χ2n) is 7.34. The minimum atomic E-state index is -0.704. The molecular formula is C17H20F2IN5O. The molecule has 2 unspecified atom stereocenters. The van der Waals surface area contributed by atoms with E-state index >= 15 is 4.39 Å². The van der Waals surface area contributed by atoms with E-state index < -0.39 is 17.3 Å². The second kappa shape index (κ2) is 6.01. The van der Waals surface area contributed by atoms with Crippen LogP contribution in [0.5, 0.6) is 0 Å². The monoisotopic (exact) mass is 475 g/mol. The summed E-state index contributed by atoms with van der Waals surface area (Å²) in [6.07, 6.45) is 0. The highest BCUT2D eigenvalue weighted by Gasteiger charge is 2.39. The van der Waals surface area contributed by atoms with E-state index in [2.05, 4.69) is 21.7 Å². The number of nitrogens with zero attached hydrogens (tertiary/aromatic N) is 5. The van der Waals surface area contributed by atoms with Gasteiger partial charge in [0.05, 0.1) is 40.0 Å². The Labute approximate surface area is 163 Å². The van der Waals surface area contributed by atoms with Gasteiger partial charge >= 0.3 is 5.69 Å². The number of anilines is 2. The summed E-state index contributed by atoms with van der Waals surface area (Å²) in [6.45, 7) is 5.59. The highest BCUT2D eigenvalue weighted by atomic mass is 127. The first-order valence-electron chi connectivity index (χ1n) is 8.50. The maximum absolute atomic E-state index is 15.1. The molecule has 140 valence electrons. The van der Waals surface area contributed by atoms with E-state index in [1.165, 1.54) is 6.92 Å². The molecule has 2 aliphatic rings. The number of piperazine rings is 1. The molecule has 1 saturated heterocycles. The topological polar surface area (TPSA) is 44.6 Å². The predicted octanol–water partition coefficient (Wildman–Crippen LogP) is 2.14. The molecule has 0 amide bonds.